The molecule has 0 unspecified atom stereocenters. The third kappa shape index (κ3) is 5.19. The van der Waals surface area contributed by atoms with Crippen LogP contribution in [0.1, 0.15) is 26.2 Å². The number of hydrogen-bond acceptors (Lipinski definition) is 4. The lowest BCUT2D eigenvalue weighted by molar-refractivity contribution is 0.346. The summed E-state index contributed by atoms with van der Waals surface area (Å²) in [6, 6.07) is 0. The monoisotopic (exact) mass is 299 g/mol. The first-order chi connectivity index (χ1) is 8.37. The summed E-state index contributed by atoms with van der Waals surface area (Å²) in [5, 5.41) is 0. The number of rotatable bonds is 7. The Morgan fingerprint density at radius 1 is 1.00 bits per heavy atom. The molecule has 0 atom stereocenters. The molecule has 1 saturated heterocycles. The Bertz CT molecular complexity index is 440. The van der Waals surface area contributed by atoms with Crippen molar-refractivity contribution in [3.8, 4) is 0 Å². The van der Waals surface area contributed by atoms with Gasteiger partial charge in [0.05, 0.1) is 5.75 Å². The average molecular weight is 299 g/mol. The summed E-state index contributed by atoms with van der Waals surface area (Å²) < 4.78 is 52.2. The molecule has 0 aromatic rings. The largest absolute Gasteiger partial charge is 0.276 e. The predicted octanol–water partition coefficient (Wildman–Crippen LogP) is -0.754. The molecule has 0 amide bonds. The van der Waals surface area contributed by atoms with Gasteiger partial charge in [-0.2, -0.15) is 8.42 Å². The molecule has 0 radical (unpaired) electrons. The van der Waals surface area contributed by atoms with Crippen LogP contribution in [0.2, 0.25) is 0 Å². The first kappa shape index (κ1) is 15.8. The SMILES string of the molecule is CCNS(=O)(=O)NCCS(=O)(=O)N1CCCCC1. The van der Waals surface area contributed by atoms with Crippen LogP contribution in [0.4, 0.5) is 0 Å². The van der Waals surface area contributed by atoms with E-state index >= 15 is 0 Å². The van der Waals surface area contributed by atoms with Gasteiger partial charge in [0.2, 0.25) is 10.0 Å². The fraction of sp³-hybridized carbons (Fsp3) is 1.00. The van der Waals surface area contributed by atoms with Crippen LogP contribution in [0, 0.1) is 0 Å². The minimum absolute atomic E-state index is 0.103. The molecule has 1 aliphatic heterocycles. The van der Waals surface area contributed by atoms with Crippen molar-refractivity contribution >= 4 is 20.2 Å². The Morgan fingerprint density at radius 2 is 1.61 bits per heavy atom. The van der Waals surface area contributed by atoms with Crippen LogP contribution in [0.15, 0.2) is 0 Å². The zero-order valence-corrected chi connectivity index (χ0v) is 12.2. The van der Waals surface area contributed by atoms with E-state index in [0.29, 0.717) is 13.1 Å². The third-order valence-electron chi connectivity index (χ3n) is 2.69. The van der Waals surface area contributed by atoms with Gasteiger partial charge in [-0.05, 0) is 12.8 Å². The van der Waals surface area contributed by atoms with Crippen LogP contribution < -0.4 is 9.44 Å². The van der Waals surface area contributed by atoms with E-state index in [4.69, 9.17) is 0 Å². The molecule has 0 aliphatic carbocycles. The Balaban J connectivity index is 2.42. The Kier molecular flexibility index (Phi) is 5.99. The van der Waals surface area contributed by atoms with Crippen molar-refractivity contribution in [3.63, 3.8) is 0 Å². The standard InChI is InChI=1S/C9H21N3O4S2/c1-2-10-18(15,16)11-6-9-17(13,14)12-7-4-3-5-8-12/h10-11H,2-9H2,1H3. The minimum Gasteiger partial charge on any atom is -0.212 e. The molecule has 0 aromatic heterocycles. The molecule has 1 aliphatic rings. The van der Waals surface area contributed by atoms with Crippen molar-refractivity contribution in [2.24, 2.45) is 0 Å². The van der Waals surface area contributed by atoms with Gasteiger partial charge in [-0.1, -0.05) is 13.3 Å². The Hall–Kier alpha value is -0.220. The van der Waals surface area contributed by atoms with E-state index in [1.807, 2.05) is 0 Å². The molecule has 2 N–H and O–H groups in total. The molecule has 1 rings (SSSR count). The van der Waals surface area contributed by atoms with Crippen LogP contribution in [0.3, 0.4) is 0 Å². The number of nitrogens with zero attached hydrogens (tertiary/aromatic N) is 1. The van der Waals surface area contributed by atoms with E-state index in [1.54, 1.807) is 6.92 Å². The second kappa shape index (κ2) is 6.80. The molecule has 1 fully saturated rings. The first-order valence-corrected chi connectivity index (χ1v) is 9.19. The lowest BCUT2D eigenvalue weighted by Crippen LogP contribution is -2.42. The second-order valence-corrected chi connectivity index (χ2v) is 7.84. The fourth-order valence-corrected chi connectivity index (χ4v) is 4.23. The van der Waals surface area contributed by atoms with Crippen LogP contribution in [-0.2, 0) is 20.2 Å². The average Bonchev–Trinajstić information content (AvgIpc) is 2.29. The maximum absolute atomic E-state index is 11.9. The van der Waals surface area contributed by atoms with Gasteiger partial charge < -0.3 is 0 Å². The summed E-state index contributed by atoms with van der Waals surface area (Å²) in [6.45, 7) is 2.91. The second-order valence-electron chi connectivity index (χ2n) is 4.17. The van der Waals surface area contributed by atoms with E-state index < -0.39 is 20.2 Å². The van der Waals surface area contributed by atoms with Gasteiger partial charge in [-0.25, -0.2) is 22.2 Å². The molecule has 0 bridgehead atoms. The van der Waals surface area contributed by atoms with Crippen molar-refractivity contribution in [2.45, 2.75) is 26.2 Å². The van der Waals surface area contributed by atoms with E-state index in [-0.39, 0.29) is 18.8 Å². The quantitative estimate of drug-likeness (QED) is 0.646. The molecule has 0 spiro atoms. The van der Waals surface area contributed by atoms with Gasteiger partial charge in [0.15, 0.2) is 0 Å². The molecular formula is C9H21N3O4S2. The van der Waals surface area contributed by atoms with Gasteiger partial charge in [0.1, 0.15) is 0 Å². The van der Waals surface area contributed by atoms with E-state index in [2.05, 4.69) is 9.44 Å². The van der Waals surface area contributed by atoms with Crippen LogP contribution in [-0.4, -0.2) is 53.1 Å². The lowest BCUT2D eigenvalue weighted by atomic mass is 10.2. The maximum atomic E-state index is 11.9. The van der Waals surface area contributed by atoms with Gasteiger partial charge in [0.25, 0.3) is 10.2 Å². The number of piperidine rings is 1. The van der Waals surface area contributed by atoms with Crippen molar-refractivity contribution in [1.29, 1.82) is 0 Å². The normalized spacial score (nSPS) is 18.9. The van der Waals surface area contributed by atoms with Crippen LogP contribution >= 0.6 is 0 Å². The van der Waals surface area contributed by atoms with E-state index in [9.17, 15) is 16.8 Å². The third-order valence-corrected chi connectivity index (χ3v) is 5.82. The molecule has 108 valence electrons. The maximum Gasteiger partial charge on any atom is 0.276 e. The zero-order valence-electron chi connectivity index (χ0n) is 10.6. The zero-order chi connectivity index (χ0) is 13.6. The molecule has 7 nitrogen and oxygen atoms in total. The summed E-state index contributed by atoms with van der Waals surface area (Å²) in [5.41, 5.74) is 0. The van der Waals surface area contributed by atoms with Gasteiger partial charge in [0, 0.05) is 26.2 Å². The highest BCUT2D eigenvalue weighted by Crippen LogP contribution is 2.12. The van der Waals surface area contributed by atoms with E-state index in [1.165, 1.54) is 4.31 Å². The highest BCUT2D eigenvalue weighted by Gasteiger charge is 2.23. The number of nitrogens with one attached hydrogen (secondary N) is 2. The van der Waals surface area contributed by atoms with Crippen molar-refractivity contribution in [2.75, 3.05) is 31.9 Å². The predicted molar refractivity (Wildman–Crippen MR) is 69.8 cm³/mol. The lowest BCUT2D eigenvalue weighted by Gasteiger charge is -2.25. The Morgan fingerprint density at radius 3 is 2.17 bits per heavy atom. The topological polar surface area (TPSA) is 95.6 Å². The molecule has 18 heavy (non-hydrogen) atoms. The van der Waals surface area contributed by atoms with Gasteiger partial charge in [-0.15, -0.1) is 0 Å². The van der Waals surface area contributed by atoms with Crippen molar-refractivity contribution in [1.82, 2.24) is 13.7 Å². The number of hydrogen-bond donors (Lipinski definition) is 2. The highest BCUT2D eigenvalue weighted by molar-refractivity contribution is 7.89. The number of sulfonamides is 1. The highest BCUT2D eigenvalue weighted by atomic mass is 32.2. The van der Waals surface area contributed by atoms with Gasteiger partial charge >= 0.3 is 0 Å². The fourth-order valence-electron chi connectivity index (χ4n) is 1.82. The van der Waals surface area contributed by atoms with Crippen molar-refractivity contribution < 1.29 is 16.8 Å². The summed E-state index contributed by atoms with van der Waals surface area (Å²) in [5.74, 6) is -0.197. The van der Waals surface area contributed by atoms with Crippen molar-refractivity contribution in [3.05, 3.63) is 0 Å². The van der Waals surface area contributed by atoms with Crippen LogP contribution in [0.25, 0.3) is 0 Å². The summed E-state index contributed by atoms with van der Waals surface area (Å²) in [7, 11) is -6.91. The molecular weight excluding hydrogens is 278 g/mol. The first-order valence-electron chi connectivity index (χ1n) is 6.09. The smallest absolute Gasteiger partial charge is 0.212 e. The molecule has 9 heteroatoms. The van der Waals surface area contributed by atoms with E-state index in [0.717, 1.165) is 19.3 Å². The molecule has 0 saturated carbocycles. The molecule has 0 aromatic carbocycles. The summed E-state index contributed by atoms with van der Waals surface area (Å²) >= 11 is 0. The van der Waals surface area contributed by atoms with Crippen LogP contribution in [0.5, 0.6) is 0 Å². The van der Waals surface area contributed by atoms with Gasteiger partial charge in [-0.3, -0.25) is 0 Å². The Labute approximate surface area is 109 Å². The summed E-state index contributed by atoms with van der Waals surface area (Å²) in [4.78, 5) is 0. The minimum atomic E-state index is -3.57. The summed E-state index contributed by atoms with van der Waals surface area (Å²) in [6.07, 6.45) is 2.81. The molecule has 1 heterocycles.